The summed E-state index contributed by atoms with van der Waals surface area (Å²) in [6.45, 7) is 4.16. The molecular weight excluding hydrogens is 208 g/mol. The molecule has 0 N–H and O–H groups in total. The lowest BCUT2D eigenvalue weighted by molar-refractivity contribution is 0.586. The number of rotatable bonds is 1. The molecule has 0 atom stereocenters. The number of sulfone groups is 1. The molecule has 0 aromatic heterocycles. The molecule has 1 aromatic carbocycles. The van der Waals surface area contributed by atoms with Crippen LogP contribution in [0.4, 0.5) is 0 Å². The Morgan fingerprint density at radius 1 is 1.27 bits per heavy atom. The van der Waals surface area contributed by atoms with Crippen LogP contribution >= 0.6 is 0 Å². The molecular formula is C12H16O2S. The van der Waals surface area contributed by atoms with Gasteiger partial charge < -0.3 is 0 Å². The molecule has 0 radical (unpaired) electrons. The highest BCUT2D eigenvalue weighted by molar-refractivity contribution is 7.91. The van der Waals surface area contributed by atoms with E-state index in [1.54, 1.807) is 0 Å². The summed E-state index contributed by atoms with van der Waals surface area (Å²) < 4.78 is 23.7. The average molecular weight is 224 g/mol. The average Bonchev–Trinajstić information content (AvgIpc) is 2.17. The van der Waals surface area contributed by atoms with E-state index in [0.717, 1.165) is 24.0 Å². The van der Waals surface area contributed by atoms with E-state index in [9.17, 15) is 8.42 Å². The Balaban J connectivity index is 2.59. The monoisotopic (exact) mass is 224 g/mol. The zero-order chi connectivity index (χ0) is 11.1. The Morgan fingerprint density at radius 3 is 2.67 bits per heavy atom. The van der Waals surface area contributed by atoms with Crippen molar-refractivity contribution in [3.8, 4) is 0 Å². The van der Waals surface area contributed by atoms with Gasteiger partial charge in [-0.1, -0.05) is 26.0 Å². The number of hydrogen-bond donors (Lipinski definition) is 0. The summed E-state index contributed by atoms with van der Waals surface area (Å²) in [7, 11) is -3.00. The molecule has 0 bridgehead atoms. The number of benzene rings is 1. The van der Waals surface area contributed by atoms with Gasteiger partial charge in [0.2, 0.25) is 0 Å². The van der Waals surface area contributed by atoms with Crippen molar-refractivity contribution in [2.45, 2.75) is 37.5 Å². The minimum atomic E-state index is -3.00. The molecule has 1 heterocycles. The summed E-state index contributed by atoms with van der Waals surface area (Å²) in [6.07, 6.45) is 1.66. The number of aryl methyl sites for hydroxylation is 1. The van der Waals surface area contributed by atoms with Crippen molar-refractivity contribution in [3.63, 3.8) is 0 Å². The molecule has 0 aliphatic carbocycles. The maximum atomic E-state index is 11.8. The summed E-state index contributed by atoms with van der Waals surface area (Å²) >= 11 is 0. The molecule has 15 heavy (non-hydrogen) atoms. The van der Waals surface area contributed by atoms with Crippen molar-refractivity contribution in [1.82, 2.24) is 0 Å². The molecule has 82 valence electrons. The summed E-state index contributed by atoms with van der Waals surface area (Å²) in [4.78, 5) is 0.569. The fourth-order valence-corrected chi connectivity index (χ4v) is 3.62. The van der Waals surface area contributed by atoms with E-state index < -0.39 is 9.84 Å². The SMILES string of the molecule is CC(C)c1ccc2c(c1)S(=O)(=O)CCC2. The zero-order valence-electron chi connectivity index (χ0n) is 9.16. The molecule has 2 rings (SSSR count). The topological polar surface area (TPSA) is 34.1 Å². The van der Waals surface area contributed by atoms with Crippen LogP contribution in [-0.4, -0.2) is 14.2 Å². The van der Waals surface area contributed by atoms with Crippen LogP contribution in [0.5, 0.6) is 0 Å². The Bertz CT molecular complexity index is 472. The lowest BCUT2D eigenvalue weighted by Crippen LogP contribution is -2.16. The molecule has 0 unspecified atom stereocenters. The fraction of sp³-hybridized carbons (Fsp3) is 0.500. The van der Waals surface area contributed by atoms with Crippen LogP contribution in [0.25, 0.3) is 0 Å². The van der Waals surface area contributed by atoms with E-state index in [2.05, 4.69) is 13.8 Å². The highest BCUT2D eigenvalue weighted by Crippen LogP contribution is 2.28. The fourth-order valence-electron chi connectivity index (χ4n) is 1.99. The van der Waals surface area contributed by atoms with Crippen LogP contribution in [0.2, 0.25) is 0 Å². The van der Waals surface area contributed by atoms with E-state index in [1.165, 1.54) is 0 Å². The Labute approximate surface area is 91.2 Å². The zero-order valence-corrected chi connectivity index (χ0v) is 9.97. The van der Waals surface area contributed by atoms with Gasteiger partial charge in [-0.05, 0) is 36.0 Å². The van der Waals surface area contributed by atoms with Gasteiger partial charge in [-0.3, -0.25) is 0 Å². The van der Waals surface area contributed by atoms with E-state index in [-0.39, 0.29) is 0 Å². The van der Waals surface area contributed by atoms with Gasteiger partial charge in [-0.15, -0.1) is 0 Å². The van der Waals surface area contributed by atoms with E-state index in [1.807, 2.05) is 18.2 Å². The van der Waals surface area contributed by atoms with Crippen molar-refractivity contribution in [2.75, 3.05) is 5.75 Å². The smallest absolute Gasteiger partial charge is 0.178 e. The maximum absolute atomic E-state index is 11.8. The highest BCUT2D eigenvalue weighted by atomic mass is 32.2. The standard InChI is InChI=1S/C12H16O2S/c1-9(2)11-6-5-10-4-3-7-15(13,14)12(10)8-11/h5-6,8-9H,3-4,7H2,1-2H3. The van der Waals surface area contributed by atoms with Gasteiger partial charge in [0.05, 0.1) is 10.6 Å². The minimum absolute atomic E-state index is 0.307. The second-order valence-corrected chi connectivity index (χ2v) is 6.52. The Hall–Kier alpha value is -0.830. The first kappa shape index (κ1) is 10.7. The van der Waals surface area contributed by atoms with Gasteiger partial charge >= 0.3 is 0 Å². The Morgan fingerprint density at radius 2 is 2.00 bits per heavy atom. The molecule has 1 aliphatic rings. The first-order valence-electron chi connectivity index (χ1n) is 5.36. The number of hydrogen-bond acceptors (Lipinski definition) is 2. The highest BCUT2D eigenvalue weighted by Gasteiger charge is 2.23. The summed E-state index contributed by atoms with van der Waals surface area (Å²) in [5, 5.41) is 0. The van der Waals surface area contributed by atoms with Crippen LogP contribution in [0.1, 0.15) is 37.3 Å². The summed E-state index contributed by atoms with van der Waals surface area (Å²) in [5.74, 6) is 0.689. The Kier molecular flexibility index (Phi) is 2.59. The molecule has 1 aromatic rings. The second-order valence-electron chi connectivity index (χ2n) is 4.44. The van der Waals surface area contributed by atoms with Crippen LogP contribution in [0.3, 0.4) is 0 Å². The summed E-state index contributed by atoms with van der Waals surface area (Å²) in [5.41, 5.74) is 2.10. The van der Waals surface area contributed by atoms with Crippen LogP contribution < -0.4 is 0 Å². The van der Waals surface area contributed by atoms with Gasteiger partial charge in [0, 0.05) is 0 Å². The first-order chi connectivity index (χ1) is 7.00. The van der Waals surface area contributed by atoms with E-state index >= 15 is 0 Å². The molecule has 0 saturated heterocycles. The molecule has 0 saturated carbocycles. The van der Waals surface area contributed by atoms with E-state index in [0.29, 0.717) is 16.6 Å². The maximum Gasteiger partial charge on any atom is 0.178 e. The largest absolute Gasteiger partial charge is 0.224 e. The van der Waals surface area contributed by atoms with E-state index in [4.69, 9.17) is 0 Å². The molecule has 0 amide bonds. The van der Waals surface area contributed by atoms with Crippen LogP contribution in [0.15, 0.2) is 23.1 Å². The van der Waals surface area contributed by atoms with Gasteiger partial charge in [0.15, 0.2) is 9.84 Å². The minimum Gasteiger partial charge on any atom is -0.224 e. The first-order valence-corrected chi connectivity index (χ1v) is 7.01. The van der Waals surface area contributed by atoms with Crippen molar-refractivity contribution in [3.05, 3.63) is 29.3 Å². The van der Waals surface area contributed by atoms with Crippen molar-refractivity contribution in [1.29, 1.82) is 0 Å². The lowest BCUT2D eigenvalue weighted by atomic mass is 10.00. The lowest BCUT2D eigenvalue weighted by Gasteiger charge is -2.18. The van der Waals surface area contributed by atoms with Crippen molar-refractivity contribution in [2.24, 2.45) is 0 Å². The van der Waals surface area contributed by atoms with Crippen LogP contribution in [-0.2, 0) is 16.3 Å². The van der Waals surface area contributed by atoms with Crippen molar-refractivity contribution >= 4 is 9.84 Å². The second kappa shape index (κ2) is 3.63. The summed E-state index contributed by atoms with van der Waals surface area (Å²) in [6, 6.07) is 5.88. The molecule has 2 nitrogen and oxygen atoms in total. The number of fused-ring (bicyclic) bond motifs is 1. The third-order valence-corrected chi connectivity index (χ3v) is 4.83. The van der Waals surface area contributed by atoms with Gasteiger partial charge in [-0.25, -0.2) is 8.42 Å². The van der Waals surface area contributed by atoms with Crippen LogP contribution in [0, 0.1) is 0 Å². The molecule has 3 heteroatoms. The normalized spacial score (nSPS) is 18.9. The molecule has 1 aliphatic heterocycles. The van der Waals surface area contributed by atoms with Gasteiger partial charge in [0.1, 0.15) is 0 Å². The molecule has 0 spiro atoms. The third kappa shape index (κ3) is 1.93. The van der Waals surface area contributed by atoms with Crippen molar-refractivity contribution < 1.29 is 8.42 Å². The predicted octanol–water partition coefficient (Wildman–Crippen LogP) is 2.53. The van der Waals surface area contributed by atoms with Gasteiger partial charge in [0.25, 0.3) is 0 Å². The predicted molar refractivity (Wildman–Crippen MR) is 60.9 cm³/mol. The van der Waals surface area contributed by atoms with Gasteiger partial charge in [-0.2, -0.15) is 0 Å². The quantitative estimate of drug-likeness (QED) is 0.734. The molecule has 0 fully saturated rings. The third-order valence-electron chi connectivity index (χ3n) is 2.95.